The van der Waals surface area contributed by atoms with Crippen molar-refractivity contribution in [3.63, 3.8) is 0 Å². The van der Waals surface area contributed by atoms with Gasteiger partial charge in [0.05, 0.1) is 0 Å². The maximum atomic E-state index is 11.8. The van der Waals surface area contributed by atoms with E-state index >= 15 is 0 Å². The third-order valence-corrected chi connectivity index (χ3v) is 2.92. The van der Waals surface area contributed by atoms with Gasteiger partial charge in [0, 0.05) is 5.92 Å². The Bertz CT molecular complexity index is 435. The number of allylic oxidation sites excluding steroid dienone is 1. The summed E-state index contributed by atoms with van der Waals surface area (Å²) < 4.78 is 0. The van der Waals surface area contributed by atoms with E-state index < -0.39 is 0 Å². The number of phenols is 2. The molecule has 0 aromatic heterocycles. The molecule has 2 N–H and O–H groups in total. The standard InChI is InChI=1S/C15H20O3/c1-3-4-5-11(2)13(16)8-6-12-7-9-14(17)15(18)10-12/h6-11,17-18H,3-5H2,1-2H3. The zero-order valence-electron chi connectivity index (χ0n) is 10.9. The minimum absolute atomic E-state index is 0.0342. The van der Waals surface area contributed by atoms with Crippen LogP contribution in [0.5, 0.6) is 11.5 Å². The lowest BCUT2D eigenvalue weighted by atomic mass is 9.99. The summed E-state index contributed by atoms with van der Waals surface area (Å²) in [6, 6.07) is 4.48. The van der Waals surface area contributed by atoms with E-state index in [2.05, 4.69) is 6.92 Å². The first-order valence-electron chi connectivity index (χ1n) is 6.28. The molecule has 1 atom stereocenters. The lowest BCUT2D eigenvalue weighted by Crippen LogP contribution is -2.07. The van der Waals surface area contributed by atoms with E-state index in [1.54, 1.807) is 12.1 Å². The molecular weight excluding hydrogens is 228 g/mol. The van der Waals surface area contributed by atoms with Crippen LogP contribution in [0.4, 0.5) is 0 Å². The van der Waals surface area contributed by atoms with E-state index in [1.165, 1.54) is 18.2 Å². The molecule has 0 saturated carbocycles. The van der Waals surface area contributed by atoms with Crippen LogP contribution in [0.2, 0.25) is 0 Å². The quantitative estimate of drug-likeness (QED) is 0.598. The highest BCUT2D eigenvalue weighted by Crippen LogP contribution is 2.25. The van der Waals surface area contributed by atoms with Crippen molar-refractivity contribution < 1.29 is 15.0 Å². The molecule has 0 aliphatic carbocycles. The third kappa shape index (κ3) is 4.24. The van der Waals surface area contributed by atoms with Gasteiger partial charge in [-0.2, -0.15) is 0 Å². The largest absolute Gasteiger partial charge is 0.504 e. The van der Waals surface area contributed by atoms with Gasteiger partial charge in [0.1, 0.15) is 0 Å². The van der Waals surface area contributed by atoms with Crippen LogP contribution in [0.1, 0.15) is 38.7 Å². The molecule has 0 fully saturated rings. The van der Waals surface area contributed by atoms with Crippen molar-refractivity contribution in [3.8, 4) is 11.5 Å². The second-order valence-electron chi connectivity index (χ2n) is 4.53. The molecule has 0 bridgehead atoms. The Morgan fingerprint density at radius 3 is 2.67 bits per heavy atom. The van der Waals surface area contributed by atoms with Crippen LogP contribution in [0.15, 0.2) is 24.3 Å². The van der Waals surface area contributed by atoms with Gasteiger partial charge in [0.2, 0.25) is 0 Å². The van der Waals surface area contributed by atoms with Gasteiger partial charge in [-0.15, -0.1) is 0 Å². The number of carbonyl (C=O) groups excluding carboxylic acids is 1. The van der Waals surface area contributed by atoms with Gasteiger partial charge >= 0.3 is 0 Å². The molecule has 0 aliphatic rings. The Morgan fingerprint density at radius 2 is 2.06 bits per heavy atom. The minimum Gasteiger partial charge on any atom is -0.504 e. The minimum atomic E-state index is -0.177. The Morgan fingerprint density at radius 1 is 1.33 bits per heavy atom. The molecule has 0 aliphatic heterocycles. The summed E-state index contributed by atoms with van der Waals surface area (Å²) in [5.74, 6) is -0.207. The van der Waals surface area contributed by atoms with Crippen LogP contribution >= 0.6 is 0 Å². The topological polar surface area (TPSA) is 57.5 Å². The number of unbranched alkanes of at least 4 members (excludes halogenated alkanes) is 1. The normalized spacial score (nSPS) is 12.8. The molecule has 1 aromatic rings. The number of hydrogen-bond donors (Lipinski definition) is 2. The zero-order valence-corrected chi connectivity index (χ0v) is 10.9. The average Bonchev–Trinajstić information content (AvgIpc) is 2.36. The molecule has 1 rings (SSSR count). The number of rotatable bonds is 6. The summed E-state index contributed by atoms with van der Waals surface area (Å²) in [6.07, 6.45) is 6.24. The SMILES string of the molecule is CCCCC(C)C(=O)C=Cc1ccc(O)c(O)c1. The van der Waals surface area contributed by atoms with Gasteiger partial charge < -0.3 is 10.2 Å². The Labute approximate surface area is 108 Å². The summed E-state index contributed by atoms with van der Waals surface area (Å²) in [7, 11) is 0. The summed E-state index contributed by atoms with van der Waals surface area (Å²) in [5, 5.41) is 18.5. The lowest BCUT2D eigenvalue weighted by Gasteiger charge is -2.05. The molecule has 3 nitrogen and oxygen atoms in total. The first-order chi connectivity index (χ1) is 8.54. The van der Waals surface area contributed by atoms with Crippen LogP contribution in [-0.4, -0.2) is 16.0 Å². The molecule has 1 aromatic carbocycles. The molecule has 0 heterocycles. The van der Waals surface area contributed by atoms with E-state index in [0.29, 0.717) is 5.56 Å². The van der Waals surface area contributed by atoms with Crippen LogP contribution in [0.25, 0.3) is 6.08 Å². The van der Waals surface area contributed by atoms with Gasteiger partial charge in [-0.25, -0.2) is 0 Å². The summed E-state index contributed by atoms with van der Waals surface area (Å²) >= 11 is 0. The molecular formula is C15H20O3. The van der Waals surface area contributed by atoms with Crippen molar-refractivity contribution in [2.24, 2.45) is 5.92 Å². The van der Waals surface area contributed by atoms with Crippen LogP contribution in [0.3, 0.4) is 0 Å². The highest BCUT2D eigenvalue weighted by Gasteiger charge is 2.08. The summed E-state index contributed by atoms with van der Waals surface area (Å²) in [4.78, 5) is 11.8. The second kappa shape index (κ2) is 6.84. The molecule has 0 spiro atoms. The van der Waals surface area contributed by atoms with Gasteiger partial charge in [0.15, 0.2) is 17.3 Å². The molecule has 0 amide bonds. The predicted molar refractivity (Wildman–Crippen MR) is 72.5 cm³/mol. The lowest BCUT2D eigenvalue weighted by molar-refractivity contribution is -0.117. The summed E-state index contributed by atoms with van der Waals surface area (Å²) in [5.41, 5.74) is 0.696. The fourth-order valence-corrected chi connectivity index (χ4v) is 1.64. The van der Waals surface area contributed by atoms with E-state index in [-0.39, 0.29) is 23.2 Å². The molecule has 98 valence electrons. The number of carbonyl (C=O) groups is 1. The number of ketones is 1. The molecule has 0 radical (unpaired) electrons. The van der Waals surface area contributed by atoms with E-state index in [9.17, 15) is 9.90 Å². The Balaban J connectivity index is 2.62. The molecule has 18 heavy (non-hydrogen) atoms. The second-order valence-corrected chi connectivity index (χ2v) is 4.53. The highest BCUT2D eigenvalue weighted by molar-refractivity contribution is 5.95. The van der Waals surface area contributed by atoms with Crippen LogP contribution in [0, 0.1) is 5.92 Å². The molecule has 0 saturated heterocycles. The number of hydrogen-bond acceptors (Lipinski definition) is 3. The fraction of sp³-hybridized carbons (Fsp3) is 0.400. The van der Waals surface area contributed by atoms with Crippen LogP contribution in [-0.2, 0) is 4.79 Å². The third-order valence-electron chi connectivity index (χ3n) is 2.92. The average molecular weight is 248 g/mol. The van der Waals surface area contributed by atoms with E-state index in [1.807, 2.05) is 6.92 Å². The first-order valence-corrected chi connectivity index (χ1v) is 6.28. The van der Waals surface area contributed by atoms with Crippen molar-refractivity contribution in [1.29, 1.82) is 0 Å². The molecule has 1 unspecified atom stereocenters. The van der Waals surface area contributed by atoms with Gasteiger partial charge in [0.25, 0.3) is 0 Å². The fourth-order valence-electron chi connectivity index (χ4n) is 1.64. The van der Waals surface area contributed by atoms with E-state index in [4.69, 9.17) is 5.11 Å². The van der Waals surface area contributed by atoms with Crippen molar-refractivity contribution >= 4 is 11.9 Å². The maximum Gasteiger partial charge on any atom is 0.158 e. The van der Waals surface area contributed by atoms with Crippen molar-refractivity contribution in [2.45, 2.75) is 33.1 Å². The maximum absolute atomic E-state index is 11.8. The number of aromatic hydroxyl groups is 2. The Hall–Kier alpha value is -1.77. The monoisotopic (exact) mass is 248 g/mol. The van der Waals surface area contributed by atoms with Crippen molar-refractivity contribution in [2.75, 3.05) is 0 Å². The predicted octanol–water partition coefficient (Wildman–Crippen LogP) is 3.51. The molecule has 3 heteroatoms. The zero-order chi connectivity index (χ0) is 13.5. The van der Waals surface area contributed by atoms with Crippen molar-refractivity contribution in [3.05, 3.63) is 29.8 Å². The van der Waals surface area contributed by atoms with Gasteiger partial charge in [-0.05, 0) is 30.2 Å². The highest BCUT2D eigenvalue weighted by atomic mass is 16.3. The smallest absolute Gasteiger partial charge is 0.158 e. The van der Waals surface area contributed by atoms with Gasteiger partial charge in [-0.3, -0.25) is 4.79 Å². The van der Waals surface area contributed by atoms with Crippen LogP contribution < -0.4 is 0 Å². The first kappa shape index (κ1) is 14.3. The van der Waals surface area contributed by atoms with Crippen molar-refractivity contribution in [1.82, 2.24) is 0 Å². The Kier molecular flexibility index (Phi) is 5.43. The van der Waals surface area contributed by atoms with Gasteiger partial charge in [-0.1, -0.05) is 38.8 Å². The number of benzene rings is 1. The number of phenolic OH excluding ortho intramolecular Hbond substituents is 2. The van der Waals surface area contributed by atoms with E-state index in [0.717, 1.165) is 19.3 Å². The summed E-state index contributed by atoms with van der Waals surface area (Å²) in [6.45, 7) is 4.03.